The van der Waals surface area contributed by atoms with Gasteiger partial charge in [-0.2, -0.15) is 5.98 Å². The van der Waals surface area contributed by atoms with Crippen LogP contribution in [-0.4, -0.2) is 35.9 Å². The van der Waals surface area contributed by atoms with Gasteiger partial charge in [-0.3, -0.25) is 0 Å². The fourth-order valence-corrected chi connectivity index (χ4v) is 2.86. The summed E-state index contributed by atoms with van der Waals surface area (Å²) in [5.41, 5.74) is -1.65. The van der Waals surface area contributed by atoms with Crippen LogP contribution < -0.4 is 0 Å². The maximum absolute atomic E-state index is 6.37. The first-order chi connectivity index (χ1) is 9.29. The third-order valence-corrected chi connectivity index (χ3v) is 5.52. The molecule has 0 unspecified atom stereocenters. The van der Waals surface area contributed by atoms with Crippen LogP contribution in [0.3, 0.4) is 0 Å². The lowest BCUT2D eigenvalue weighted by molar-refractivity contribution is 0.00578. The first-order valence-electron chi connectivity index (χ1n) is 7.84. The summed E-state index contributed by atoms with van der Waals surface area (Å²) in [6, 6.07) is 0. The molecule has 2 heterocycles. The summed E-state index contributed by atoms with van der Waals surface area (Å²) in [4.78, 5) is 0. The molecule has 0 radical (unpaired) electrons. The fraction of sp³-hybridized carbons (Fsp3) is 0.867. The van der Waals surface area contributed by atoms with Crippen LogP contribution in [0, 0.1) is 0 Å². The van der Waals surface area contributed by atoms with Gasteiger partial charge in [0.05, 0.1) is 11.2 Å². The Balaban J connectivity index is 2.40. The highest BCUT2D eigenvalue weighted by Crippen LogP contribution is 2.47. The van der Waals surface area contributed by atoms with Gasteiger partial charge in [0.25, 0.3) is 6.44 Å². The Labute approximate surface area is 129 Å². The van der Waals surface area contributed by atoms with Crippen molar-refractivity contribution in [1.82, 2.24) is 0 Å². The zero-order chi connectivity index (χ0) is 16.3. The van der Waals surface area contributed by atoms with Crippen LogP contribution >= 0.6 is 0 Å². The fourth-order valence-electron chi connectivity index (χ4n) is 2.86. The van der Waals surface area contributed by atoms with Crippen molar-refractivity contribution in [1.29, 1.82) is 0 Å². The molecule has 2 rings (SSSR count). The normalized spacial score (nSPS) is 32.0. The summed E-state index contributed by atoms with van der Waals surface area (Å²) < 4.78 is 25.1. The summed E-state index contributed by atoms with van der Waals surface area (Å²) in [5.74, 6) is 1.96. The van der Waals surface area contributed by atoms with E-state index in [4.69, 9.17) is 18.6 Å². The monoisotopic (exact) mass is 295 g/mol. The minimum atomic E-state index is -1.81. The number of allylic oxidation sites excluding steroid dienone is 1. The lowest BCUT2D eigenvalue weighted by Crippen LogP contribution is -2.55. The molecule has 0 aromatic heterocycles. The molecule has 0 atom stereocenters. The van der Waals surface area contributed by atoms with E-state index in [9.17, 15) is 0 Å². The van der Waals surface area contributed by atoms with E-state index < -0.39 is 35.9 Å². The second kappa shape index (κ2) is 4.60. The lowest BCUT2D eigenvalue weighted by Gasteiger charge is -2.37. The molecule has 2 fully saturated rings. The highest BCUT2D eigenvalue weighted by atomic mass is 16.7. The third kappa shape index (κ3) is 2.50. The van der Waals surface area contributed by atoms with Crippen molar-refractivity contribution < 1.29 is 18.6 Å². The number of hydrogen-bond acceptors (Lipinski definition) is 4. The van der Waals surface area contributed by atoms with Gasteiger partial charge in [0.1, 0.15) is 0 Å². The molecule has 120 valence electrons. The van der Waals surface area contributed by atoms with Gasteiger partial charge in [0.2, 0.25) is 0 Å². The topological polar surface area (TPSA) is 36.9 Å². The second-order valence-electron chi connectivity index (χ2n) is 8.24. The van der Waals surface area contributed by atoms with Crippen LogP contribution in [0.1, 0.15) is 62.3 Å². The van der Waals surface area contributed by atoms with Crippen molar-refractivity contribution in [2.45, 2.75) is 84.7 Å². The van der Waals surface area contributed by atoms with Gasteiger partial charge in [-0.05, 0) is 55.4 Å². The molecule has 2 aliphatic rings. The average Bonchev–Trinajstić information content (AvgIpc) is 2.57. The quantitative estimate of drug-likeness (QED) is 0.732. The van der Waals surface area contributed by atoms with Gasteiger partial charge in [-0.1, -0.05) is 6.92 Å². The molecule has 0 spiro atoms. The first kappa shape index (κ1) is 17.1. The van der Waals surface area contributed by atoms with Crippen LogP contribution in [0.4, 0.5) is 0 Å². The van der Waals surface area contributed by atoms with Crippen molar-refractivity contribution in [3.63, 3.8) is 0 Å². The number of rotatable bonds is 2. The molecule has 0 amide bonds. The molecule has 21 heavy (non-hydrogen) atoms. The van der Waals surface area contributed by atoms with Crippen molar-refractivity contribution in [2.75, 3.05) is 0 Å². The van der Waals surface area contributed by atoms with E-state index in [1.54, 1.807) is 0 Å². The van der Waals surface area contributed by atoms with E-state index >= 15 is 0 Å². The van der Waals surface area contributed by atoms with E-state index in [2.05, 4.69) is 0 Å². The van der Waals surface area contributed by atoms with Crippen LogP contribution in [0.5, 0.6) is 0 Å². The molecule has 0 aromatic carbocycles. The highest BCUT2D eigenvalue weighted by Gasteiger charge is 2.62. The molecule has 0 N–H and O–H groups in total. The zero-order valence-corrected chi connectivity index (χ0v) is 14.9. The summed E-state index contributed by atoms with van der Waals surface area (Å²) in [5, 5.41) is 0. The van der Waals surface area contributed by atoms with Gasteiger partial charge < -0.3 is 18.6 Å². The Bertz CT molecular complexity index is 423. The van der Waals surface area contributed by atoms with Crippen LogP contribution in [0.15, 0.2) is 12.1 Å². The number of hydrogen-bond donors (Lipinski definition) is 0. The summed E-state index contributed by atoms with van der Waals surface area (Å²) in [6.45, 7) is 18.3. The van der Waals surface area contributed by atoms with E-state index in [-0.39, 0.29) is 0 Å². The van der Waals surface area contributed by atoms with Gasteiger partial charge >= 0.3 is 7.01 Å². The molecular weight excluding hydrogens is 266 g/mol. The summed E-state index contributed by atoms with van der Waals surface area (Å²) >= 11 is 0. The summed E-state index contributed by atoms with van der Waals surface area (Å²) in [7, 11) is -0.535. The first-order valence-corrected chi connectivity index (χ1v) is 7.84. The van der Waals surface area contributed by atoms with E-state index in [0.717, 1.165) is 0 Å². The molecule has 6 heteroatoms. The largest absolute Gasteiger partial charge is 0.560 e. The Hall–Kier alpha value is -0.290. The van der Waals surface area contributed by atoms with Crippen molar-refractivity contribution in [3.05, 3.63) is 12.1 Å². The molecule has 2 aliphatic heterocycles. The molecule has 0 bridgehead atoms. The van der Waals surface area contributed by atoms with Crippen molar-refractivity contribution in [3.8, 4) is 0 Å². The van der Waals surface area contributed by atoms with E-state index in [1.807, 2.05) is 74.4 Å². The van der Waals surface area contributed by atoms with E-state index in [1.165, 1.54) is 0 Å². The van der Waals surface area contributed by atoms with Gasteiger partial charge in [0.15, 0.2) is 0 Å². The SMILES string of the molecule is C/C=C/[B-]1(B2OC(C)(C)C(C)(C)O2)OC(C)(C)C(C)(C)O1. The molecule has 4 nitrogen and oxygen atoms in total. The lowest BCUT2D eigenvalue weighted by atomic mass is 9.28. The Kier molecular flexibility index (Phi) is 3.74. The van der Waals surface area contributed by atoms with Crippen molar-refractivity contribution >= 4 is 13.5 Å². The summed E-state index contributed by atoms with van der Waals surface area (Å²) in [6.07, 6.45) is 0.138. The van der Waals surface area contributed by atoms with Gasteiger partial charge in [0, 0.05) is 11.2 Å². The molecule has 0 saturated carbocycles. The maximum atomic E-state index is 6.37. The van der Waals surface area contributed by atoms with Crippen LogP contribution in [0.2, 0.25) is 0 Å². The minimum Gasteiger partial charge on any atom is -0.560 e. The Morgan fingerprint density at radius 2 is 1.10 bits per heavy atom. The standard InChI is InChI=1S/C15H29B2O4/c1-10-11-17(20-14(6,7)15(8,9)21-17)16-18-12(2,3)13(4,5)19-16/h10-11H,1-9H3/q-1/b11-10+. The van der Waals surface area contributed by atoms with Crippen molar-refractivity contribution in [2.24, 2.45) is 0 Å². The molecular formula is C15H29B2O4-. The van der Waals surface area contributed by atoms with Gasteiger partial charge in [-0.25, -0.2) is 0 Å². The molecule has 0 aromatic rings. The Morgan fingerprint density at radius 3 is 1.43 bits per heavy atom. The zero-order valence-electron chi connectivity index (χ0n) is 14.9. The highest BCUT2D eigenvalue weighted by molar-refractivity contribution is 7.25. The predicted molar refractivity (Wildman–Crippen MR) is 87.0 cm³/mol. The molecule has 0 aliphatic carbocycles. The Morgan fingerprint density at radius 1 is 0.714 bits per heavy atom. The van der Waals surface area contributed by atoms with Crippen LogP contribution in [0.25, 0.3) is 0 Å². The maximum Gasteiger partial charge on any atom is 0.332 e. The predicted octanol–water partition coefficient (Wildman–Crippen LogP) is 3.32. The minimum absolute atomic E-state index is 0.405. The smallest absolute Gasteiger partial charge is 0.332 e. The van der Waals surface area contributed by atoms with E-state index in [0.29, 0.717) is 0 Å². The average molecular weight is 295 g/mol. The molecule has 2 saturated heterocycles. The second-order valence-corrected chi connectivity index (χ2v) is 8.24. The third-order valence-electron chi connectivity index (χ3n) is 5.52. The van der Waals surface area contributed by atoms with Gasteiger partial charge in [-0.15, -0.1) is 6.08 Å². The van der Waals surface area contributed by atoms with Crippen LogP contribution in [-0.2, 0) is 18.6 Å².